The standard InChI is InChI=1S/C13H21N3O4S/c1-4-10(5-2)9(3)15-21(19,20)13-7-6-11(16(17)18)8-12(13)14/h6-10,15H,4-5,14H2,1-3H3. The second-order valence-electron chi connectivity index (χ2n) is 4.97. The highest BCUT2D eigenvalue weighted by atomic mass is 32.2. The Hall–Kier alpha value is -1.67. The van der Waals surface area contributed by atoms with E-state index >= 15 is 0 Å². The van der Waals surface area contributed by atoms with Crippen LogP contribution in [0.4, 0.5) is 11.4 Å². The number of rotatable bonds is 7. The van der Waals surface area contributed by atoms with E-state index in [4.69, 9.17) is 5.73 Å². The highest BCUT2D eigenvalue weighted by Crippen LogP contribution is 2.24. The first-order valence-corrected chi connectivity index (χ1v) is 8.27. The van der Waals surface area contributed by atoms with Gasteiger partial charge >= 0.3 is 0 Å². The lowest BCUT2D eigenvalue weighted by molar-refractivity contribution is -0.384. The van der Waals surface area contributed by atoms with Gasteiger partial charge in [0.25, 0.3) is 5.69 Å². The number of nitro benzene ring substituents is 1. The smallest absolute Gasteiger partial charge is 0.271 e. The average Bonchev–Trinajstić information content (AvgIpc) is 2.38. The van der Waals surface area contributed by atoms with Crippen molar-refractivity contribution in [3.8, 4) is 0 Å². The quantitative estimate of drug-likeness (QED) is 0.455. The van der Waals surface area contributed by atoms with Crippen LogP contribution >= 0.6 is 0 Å². The summed E-state index contributed by atoms with van der Waals surface area (Å²) in [6.45, 7) is 5.80. The van der Waals surface area contributed by atoms with E-state index in [0.29, 0.717) is 0 Å². The van der Waals surface area contributed by atoms with Crippen LogP contribution in [0.3, 0.4) is 0 Å². The van der Waals surface area contributed by atoms with Gasteiger partial charge in [-0.15, -0.1) is 0 Å². The van der Waals surface area contributed by atoms with Gasteiger partial charge in [-0.05, 0) is 18.9 Å². The Balaban J connectivity index is 3.06. The molecule has 1 rings (SSSR count). The Kier molecular flexibility index (Phi) is 5.68. The van der Waals surface area contributed by atoms with Crippen molar-refractivity contribution in [2.45, 2.75) is 44.6 Å². The molecule has 8 heteroatoms. The molecule has 7 nitrogen and oxygen atoms in total. The summed E-state index contributed by atoms with van der Waals surface area (Å²) in [5.41, 5.74) is 5.27. The number of nitro groups is 1. The van der Waals surface area contributed by atoms with Gasteiger partial charge in [-0.25, -0.2) is 13.1 Å². The maximum absolute atomic E-state index is 12.3. The number of nitrogens with two attached hydrogens (primary N) is 1. The molecule has 0 bridgehead atoms. The van der Waals surface area contributed by atoms with Crippen LogP contribution in [0.2, 0.25) is 0 Å². The lowest BCUT2D eigenvalue weighted by atomic mass is 9.96. The molecule has 1 aromatic carbocycles. The highest BCUT2D eigenvalue weighted by Gasteiger charge is 2.24. The highest BCUT2D eigenvalue weighted by molar-refractivity contribution is 7.89. The predicted molar refractivity (Wildman–Crippen MR) is 81.4 cm³/mol. The topological polar surface area (TPSA) is 115 Å². The predicted octanol–water partition coefficient (Wildman–Crippen LogP) is 2.28. The molecule has 0 aliphatic rings. The number of anilines is 1. The number of nitrogens with zero attached hydrogens (tertiary/aromatic N) is 1. The van der Waals surface area contributed by atoms with Gasteiger partial charge in [-0.2, -0.15) is 0 Å². The number of non-ortho nitro benzene ring substituents is 1. The fourth-order valence-corrected chi connectivity index (χ4v) is 3.72. The number of hydrogen-bond donors (Lipinski definition) is 2. The maximum atomic E-state index is 12.3. The lowest BCUT2D eigenvalue weighted by Gasteiger charge is -2.22. The van der Waals surface area contributed by atoms with Gasteiger partial charge in [0.15, 0.2) is 0 Å². The lowest BCUT2D eigenvalue weighted by Crippen LogP contribution is -2.38. The summed E-state index contributed by atoms with van der Waals surface area (Å²) in [7, 11) is -3.80. The minimum absolute atomic E-state index is 0.131. The fraction of sp³-hybridized carbons (Fsp3) is 0.538. The zero-order chi connectivity index (χ0) is 16.2. The van der Waals surface area contributed by atoms with Crippen molar-refractivity contribution in [2.75, 3.05) is 5.73 Å². The normalized spacial score (nSPS) is 13.3. The molecule has 118 valence electrons. The van der Waals surface area contributed by atoms with Crippen LogP contribution in [-0.4, -0.2) is 19.4 Å². The third-order valence-corrected chi connectivity index (χ3v) is 5.22. The number of nitrogens with one attached hydrogen (secondary N) is 1. The first-order valence-electron chi connectivity index (χ1n) is 6.79. The molecule has 0 spiro atoms. The fourth-order valence-electron chi connectivity index (χ4n) is 2.29. The van der Waals surface area contributed by atoms with Gasteiger partial charge in [0.1, 0.15) is 4.90 Å². The van der Waals surface area contributed by atoms with Gasteiger partial charge in [-0.3, -0.25) is 10.1 Å². The summed E-state index contributed by atoms with van der Waals surface area (Å²) < 4.78 is 27.2. The average molecular weight is 315 g/mol. The Morgan fingerprint density at radius 2 is 1.90 bits per heavy atom. The van der Waals surface area contributed by atoms with E-state index in [-0.39, 0.29) is 28.2 Å². The van der Waals surface area contributed by atoms with Gasteiger partial charge < -0.3 is 5.73 Å². The van der Waals surface area contributed by atoms with Crippen molar-refractivity contribution in [3.05, 3.63) is 28.3 Å². The Morgan fingerprint density at radius 3 is 2.33 bits per heavy atom. The van der Waals surface area contributed by atoms with Crippen LogP contribution in [0.1, 0.15) is 33.6 Å². The first-order chi connectivity index (χ1) is 9.72. The van der Waals surface area contributed by atoms with E-state index in [1.807, 2.05) is 13.8 Å². The molecule has 0 radical (unpaired) electrons. The summed E-state index contributed by atoms with van der Waals surface area (Å²) in [5.74, 6) is 0.221. The number of sulfonamides is 1. The minimum Gasteiger partial charge on any atom is -0.397 e. The van der Waals surface area contributed by atoms with E-state index in [9.17, 15) is 18.5 Å². The molecule has 1 atom stereocenters. The summed E-state index contributed by atoms with van der Waals surface area (Å²) in [5, 5.41) is 10.6. The second-order valence-corrected chi connectivity index (χ2v) is 6.65. The summed E-state index contributed by atoms with van der Waals surface area (Å²) in [4.78, 5) is 9.89. The van der Waals surface area contributed by atoms with E-state index in [1.54, 1.807) is 6.92 Å². The molecule has 0 heterocycles. The number of hydrogen-bond acceptors (Lipinski definition) is 5. The molecule has 0 aromatic heterocycles. The Morgan fingerprint density at radius 1 is 1.33 bits per heavy atom. The second kappa shape index (κ2) is 6.86. The van der Waals surface area contributed by atoms with Gasteiger partial charge in [-0.1, -0.05) is 26.7 Å². The molecule has 3 N–H and O–H groups in total. The molecule has 1 unspecified atom stereocenters. The van der Waals surface area contributed by atoms with Crippen molar-refractivity contribution in [2.24, 2.45) is 5.92 Å². The monoisotopic (exact) mass is 315 g/mol. The molecule has 0 aliphatic carbocycles. The largest absolute Gasteiger partial charge is 0.397 e. The molecule has 0 saturated heterocycles. The van der Waals surface area contributed by atoms with Crippen LogP contribution < -0.4 is 10.5 Å². The zero-order valence-corrected chi connectivity index (χ0v) is 13.2. The van der Waals surface area contributed by atoms with Crippen molar-refractivity contribution in [1.29, 1.82) is 0 Å². The molecule has 0 saturated carbocycles. The third-order valence-electron chi connectivity index (χ3n) is 3.59. The van der Waals surface area contributed by atoms with E-state index in [0.717, 1.165) is 31.0 Å². The van der Waals surface area contributed by atoms with Crippen molar-refractivity contribution >= 4 is 21.4 Å². The van der Waals surface area contributed by atoms with Gasteiger partial charge in [0.05, 0.1) is 10.6 Å². The first kappa shape index (κ1) is 17.4. The summed E-state index contributed by atoms with van der Waals surface area (Å²) >= 11 is 0. The van der Waals surface area contributed by atoms with Crippen molar-refractivity contribution in [1.82, 2.24) is 4.72 Å². The van der Waals surface area contributed by atoms with Gasteiger partial charge in [0, 0.05) is 18.2 Å². The van der Waals surface area contributed by atoms with Crippen molar-refractivity contribution < 1.29 is 13.3 Å². The van der Waals surface area contributed by atoms with Crippen LogP contribution in [0.15, 0.2) is 23.1 Å². The zero-order valence-electron chi connectivity index (χ0n) is 12.4. The molecule has 0 amide bonds. The van der Waals surface area contributed by atoms with E-state index in [2.05, 4.69) is 4.72 Å². The van der Waals surface area contributed by atoms with E-state index in [1.165, 1.54) is 0 Å². The van der Waals surface area contributed by atoms with Crippen LogP contribution in [0.25, 0.3) is 0 Å². The van der Waals surface area contributed by atoms with Crippen molar-refractivity contribution in [3.63, 3.8) is 0 Å². The van der Waals surface area contributed by atoms with Crippen LogP contribution in [-0.2, 0) is 10.0 Å². The number of nitrogen functional groups attached to an aromatic ring is 1. The summed E-state index contributed by atoms with van der Waals surface area (Å²) in [6, 6.07) is 3.11. The van der Waals surface area contributed by atoms with E-state index < -0.39 is 14.9 Å². The van der Waals surface area contributed by atoms with Crippen LogP contribution in [0.5, 0.6) is 0 Å². The molecular weight excluding hydrogens is 294 g/mol. The van der Waals surface area contributed by atoms with Gasteiger partial charge in [0.2, 0.25) is 10.0 Å². The molecule has 1 aromatic rings. The summed E-state index contributed by atoms with van der Waals surface area (Å²) in [6.07, 6.45) is 1.71. The Labute approximate surface area is 124 Å². The maximum Gasteiger partial charge on any atom is 0.271 e. The third kappa shape index (κ3) is 4.15. The Bertz CT molecular complexity index is 612. The molecule has 21 heavy (non-hydrogen) atoms. The molecular formula is C13H21N3O4S. The SMILES string of the molecule is CCC(CC)C(C)NS(=O)(=O)c1ccc([N+](=O)[O-])cc1N. The number of benzene rings is 1. The van der Waals surface area contributed by atoms with Crippen LogP contribution in [0, 0.1) is 16.0 Å². The molecule has 0 aliphatic heterocycles. The molecule has 0 fully saturated rings. The minimum atomic E-state index is -3.80.